The van der Waals surface area contributed by atoms with E-state index < -0.39 is 0 Å². The molecule has 4 heteroatoms. The summed E-state index contributed by atoms with van der Waals surface area (Å²) in [4.78, 5) is 14.0. The van der Waals surface area contributed by atoms with Crippen LogP contribution in [0.2, 0.25) is 0 Å². The van der Waals surface area contributed by atoms with Crippen molar-refractivity contribution in [2.24, 2.45) is 5.92 Å². The summed E-state index contributed by atoms with van der Waals surface area (Å²) in [6.45, 7) is 9.09. The van der Waals surface area contributed by atoms with E-state index in [1.54, 1.807) is 0 Å². The molecule has 0 aliphatic carbocycles. The van der Waals surface area contributed by atoms with E-state index in [0.29, 0.717) is 13.0 Å². The van der Waals surface area contributed by atoms with Crippen LogP contribution in [0.4, 0.5) is 0 Å². The van der Waals surface area contributed by atoms with Gasteiger partial charge in [-0.15, -0.1) is 0 Å². The number of morpholine rings is 1. The van der Waals surface area contributed by atoms with Crippen LogP contribution in [0.25, 0.3) is 0 Å². The lowest BCUT2D eigenvalue weighted by Crippen LogP contribution is -2.38. The zero-order chi connectivity index (χ0) is 15.1. The zero-order valence-corrected chi connectivity index (χ0v) is 13.0. The molecule has 2 rings (SSSR count). The Morgan fingerprint density at radius 1 is 1.24 bits per heavy atom. The van der Waals surface area contributed by atoms with Gasteiger partial charge in [0.2, 0.25) is 0 Å². The molecule has 1 aliphatic heterocycles. The van der Waals surface area contributed by atoms with Gasteiger partial charge >= 0.3 is 0 Å². The van der Waals surface area contributed by atoms with Gasteiger partial charge < -0.3 is 9.47 Å². The Morgan fingerprint density at radius 2 is 1.90 bits per heavy atom. The molecule has 0 unspecified atom stereocenters. The summed E-state index contributed by atoms with van der Waals surface area (Å²) < 4.78 is 11.1. The highest BCUT2D eigenvalue weighted by Crippen LogP contribution is 2.14. The fraction of sp³-hybridized carbons (Fsp3) is 0.588. The van der Waals surface area contributed by atoms with Crippen molar-refractivity contribution in [2.75, 3.05) is 39.5 Å². The Kier molecular flexibility index (Phi) is 6.21. The van der Waals surface area contributed by atoms with Gasteiger partial charge in [-0.1, -0.05) is 26.0 Å². The Labute approximate surface area is 127 Å². The summed E-state index contributed by atoms with van der Waals surface area (Å²) in [5, 5.41) is 0. The molecule has 1 fully saturated rings. The minimum absolute atomic E-state index is 0.0921. The topological polar surface area (TPSA) is 38.8 Å². The summed E-state index contributed by atoms with van der Waals surface area (Å²) >= 11 is 0. The molecule has 0 atom stereocenters. The minimum atomic E-state index is 0.0921. The van der Waals surface area contributed by atoms with E-state index in [9.17, 15) is 4.79 Å². The summed E-state index contributed by atoms with van der Waals surface area (Å²) in [5.41, 5.74) is 1.05. The van der Waals surface area contributed by atoms with Crippen molar-refractivity contribution in [3.05, 3.63) is 29.8 Å². The lowest BCUT2D eigenvalue weighted by Gasteiger charge is -2.26. The number of benzene rings is 1. The van der Waals surface area contributed by atoms with Gasteiger partial charge in [0.1, 0.15) is 18.1 Å². The number of hydrogen-bond acceptors (Lipinski definition) is 4. The molecule has 1 aromatic carbocycles. The molecule has 21 heavy (non-hydrogen) atoms. The van der Waals surface area contributed by atoms with Crippen LogP contribution >= 0.6 is 0 Å². The SMILES string of the molecule is CC(C)C(=O)Cc1ccc(OCCN2CCOCC2)cc1. The highest BCUT2D eigenvalue weighted by Gasteiger charge is 2.10. The first-order chi connectivity index (χ1) is 10.1. The van der Waals surface area contributed by atoms with Gasteiger partial charge in [-0.2, -0.15) is 0 Å². The number of carbonyl (C=O) groups is 1. The Morgan fingerprint density at radius 3 is 2.52 bits per heavy atom. The number of rotatable bonds is 7. The molecule has 0 amide bonds. The molecule has 1 heterocycles. The fourth-order valence-electron chi connectivity index (χ4n) is 2.23. The van der Waals surface area contributed by atoms with Gasteiger partial charge in [0.15, 0.2) is 0 Å². The number of hydrogen-bond donors (Lipinski definition) is 0. The third-order valence-electron chi connectivity index (χ3n) is 3.73. The summed E-state index contributed by atoms with van der Waals surface area (Å²) in [6.07, 6.45) is 0.506. The van der Waals surface area contributed by atoms with Crippen molar-refractivity contribution < 1.29 is 14.3 Å². The Hall–Kier alpha value is -1.39. The van der Waals surface area contributed by atoms with Crippen molar-refractivity contribution in [3.63, 3.8) is 0 Å². The normalized spacial score (nSPS) is 16.1. The molecular weight excluding hydrogens is 266 g/mol. The number of ketones is 1. The number of ether oxygens (including phenoxy) is 2. The number of carbonyl (C=O) groups excluding carboxylic acids is 1. The van der Waals surface area contributed by atoms with E-state index in [1.807, 2.05) is 38.1 Å². The van der Waals surface area contributed by atoms with Crippen LogP contribution < -0.4 is 4.74 Å². The monoisotopic (exact) mass is 291 g/mol. The number of Topliss-reactive ketones (excluding diaryl/α,β-unsaturated/α-hetero) is 1. The molecule has 0 radical (unpaired) electrons. The van der Waals surface area contributed by atoms with Crippen LogP contribution in [0.15, 0.2) is 24.3 Å². The molecule has 0 spiro atoms. The van der Waals surface area contributed by atoms with Crippen molar-refractivity contribution in [2.45, 2.75) is 20.3 Å². The second kappa shape index (κ2) is 8.15. The first-order valence-corrected chi connectivity index (χ1v) is 7.69. The maximum Gasteiger partial charge on any atom is 0.139 e. The van der Waals surface area contributed by atoms with Crippen molar-refractivity contribution >= 4 is 5.78 Å². The van der Waals surface area contributed by atoms with Crippen molar-refractivity contribution in [1.29, 1.82) is 0 Å². The first-order valence-electron chi connectivity index (χ1n) is 7.69. The van der Waals surface area contributed by atoms with Crippen LogP contribution in [0.1, 0.15) is 19.4 Å². The quantitative estimate of drug-likeness (QED) is 0.772. The van der Waals surface area contributed by atoms with E-state index in [0.717, 1.165) is 44.2 Å². The highest BCUT2D eigenvalue weighted by molar-refractivity contribution is 5.82. The zero-order valence-electron chi connectivity index (χ0n) is 13.0. The van der Waals surface area contributed by atoms with Gasteiger partial charge in [0.25, 0.3) is 0 Å². The third-order valence-corrected chi connectivity index (χ3v) is 3.73. The van der Waals surface area contributed by atoms with Crippen molar-refractivity contribution in [1.82, 2.24) is 4.90 Å². The summed E-state index contributed by atoms with van der Waals surface area (Å²) in [5.74, 6) is 1.23. The molecule has 1 aromatic rings. The average molecular weight is 291 g/mol. The van der Waals surface area contributed by atoms with E-state index in [4.69, 9.17) is 9.47 Å². The predicted molar refractivity (Wildman–Crippen MR) is 82.7 cm³/mol. The van der Waals surface area contributed by atoms with E-state index in [2.05, 4.69) is 4.90 Å². The Balaban J connectivity index is 1.73. The minimum Gasteiger partial charge on any atom is -0.492 e. The van der Waals surface area contributed by atoms with Gasteiger partial charge in [-0.25, -0.2) is 0 Å². The molecule has 0 bridgehead atoms. The van der Waals surface area contributed by atoms with Gasteiger partial charge in [-0.3, -0.25) is 9.69 Å². The van der Waals surface area contributed by atoms with Crippen LogP contribution in [0, 0.1) is 5.92 Å². The lowest BCUT2D eigenvalue weighted by atomic mass is 10.0. The second-order valence-electron chi connectivity index (χ2n) is 5.74. The molecule has 0 saturated carbocycles. The smallest absolute Gasteiger partial charge is 0.139 e. The Bertz CT molecular complexity index is 436. The van der Waals surface area contributed by atoms with Crippen LogP contribution in [-0.4, -0.2) is 50.1 Å². The van der Waals surface area contributed by atoms with E-state index >= 15 is 0 Å². The highest BCUT2D eigenvalue weighted by atomic mass is 16.5. The summed E-state index contributed by atoms with van der Waals surface area (Å²) in [7, 11) is 0. The third kappa shape index (κ3) is 5.48. The largest absolute Gasteiger partial charge is 0.492 e. The molecule has 4 nitrogen and oxygen atoms in total. The van der Waals surface area contributed by atoms with Gasteiger partial charge in [0, 0.05) is 32.0 Å². The van der Waals surface area contributed by atoms with Gasteiger partial charge in [-0.05, 0) is 17.7 Å². The molecule has 116 valence electrons. The molecular formula is C17H25NO3. The molecule has 0 N–H and O–H groups in total. The van der Waals surface area contributed by atoms with E-state index in [1.165, 1.54) is 0 Å². The predicted octanol–water partition coefficient (Wildman–Crippen LogP) is 2.17. The maximum absolute atomic E-state index is 11.7. The van der Waals surface area contributed by atoms with Crippen LogP contribution in [-0.2, 0) is 16.0 Å². The van der Waals surface area contributed by atoms with Crippen LogP contribution in [0.5, 0.6) is 5.75 Å². The van der Waals surface area contributed by atoms with E-state index in [-0.39, 0.29) is 11.7 Å². The fourth-order valence-corrected chi connectivity index (χ4v) is 2.23. The standard InChI is InChI=1S/C17H25NO3/c1-14(2)17(19)13-15-3-5-16(6-4-15)21-12-9-18-7-10-20-11-8-18/h3-6,14H,7-13H2,1-2H3. The average Bonchev–Trinajstić information content (AvgIpc) is 2.50. The lowest BCUT2D eigenvalue weighted by molar-refractivity contribution is -0.121. The molecule has 0 aromatic heterocycles. The van der Waals surface area contributed by atoms with Crippen LogP contribution in [0.3, 0.4) is 0 Å². The summed E-state index contributed by atoms with van der Waals surface area (Å²) in [6, 6.07) is 7.85. The molecule has 1 aliphatic rings. The maximum atomic E-state index is 11.7. The van der Waals surface area contributed by atoms with Gasteiger partial charge in [0.05, 0.1) is 13.2 Å². The van der Waals surface area contributed by atoms with Crippen molar-refractivity contribution in [3.8, 4) is 5.75 Å². The molecule has 1 saturated heterocycles. The first kappa shape index (κ1) is 16.0. The second-order valence-corrected chi connectivity index (χ2v) is 5.74. The number of nitrogens with zero attached hydrogens (tertiary/aromatic N) is 1.